The second kappa shape index (κ2) is 6.50. The summed E-state index contributed by atoms with van der Waals surface area (Å²) in [5, 5.41) is 0.539. The molecule has 2 saturated heterocycles. The van der Waals surface area contributed by atoms with Gasteiger partial charge in [0.25, 0.3) is 0 Å². The van der Waals surface area contributed by atoms with E-state index in [-0.39, 0.29) is 11.8 Å². The van der Waals surface area contributed by atoms with Crippen LogP contribution >= 0.6 is 11.6 Å². The third kappa shape index (κ3) is 3.20. The molecule has 0 saturated carbocycles. The van der Waals surface area contributed by atoms with Gasteiger partial charge < -0.3 is 19.3 Å². The van der Waals surface area contributed by atoms with E-state index in [0.29, 0.717) is 75.0 Å². The van der Waals surface area contributed by atoms with Crippen molar-refractivity contribution < 1.29 is 19.1 Å². The molecule has 1 aromatic carbocycles. The molecule has 3 heterocycles. The number of carbonyl (C=O) groups is 2. The fourth-order valence-electron chi connectivity index (χ4n) is 3.81. The molecule has 7 heteroatoms. The van der Waals surface area contributed by atoms with Gasteiger partial charge in [0.15, 0.2) is 5.78 Å². The van der Waals surface area contributed by atoms with Crippen LogP contribution in [-0.2, 0) is 4.74 Å². The number of urea groups is 1. The lowest BCUT2D eigenvalue weighted by molar-refractivity contribution is -0.00893. The molecule has 2 amide bonds. The smallest absolute Gasteiger partial charge is 0.320 e. The molecule has 3 aliphatic heterocycles. The summed E-state index contributed by atoms with van der Waals surface area (Å²) in [6.45, 7) is 3.69. The van der Waals surface area contributed by atoms with E-state index in [1.165, 1.54) is 0 Å². The van der Waals surface area contributed by atoms with Crippen LogP contribution in [0.3, 0.4) is 0 Å². The number of rotatable bonds is 0. The van der Waals surface area contributed by atoms with Crippen molar-refractivity contribution >= 4 is 23.4 Å². The fraction of sp³-hybridized carbons (Fsp3) is 0.556. The number of hydrogen-bond acceptors (Lipinski definition) is 4. The van der Waals surface area contributed by atoms with Crippen molar-refractivity contribution in [2.75, 3.05) is 39.4 Å². The van der Waals surface area contributed by atoms with E-state index in [2.05, 4.69) is 0 Å². The Hall–Kier alpha value is -1.79. The summed E-state index contributed by atoms with van der Waals surface area (Å²) in [6.07, 6.45) is 1.67. The topological polar surface area (TPSA) is 59.1 Å². The lowest BCUT2D eigenvalue weighted by Crippen LogP contribution is -2.56. The molecule has 1 aromatic rings. The maximum Gasteiger partial charge on any atom is 0.320 e. The van der Waals surface area contributed by atoms with E-state index in [0.717, 1.165) is 0 Å². The summed E-state index contributed by atoms with van der Waals surface area (Å²) in [5.41, 5.74) is 0.0598. The van der Waals surface area contributed by atoms with Gasteiger partial charge >= 0.3 is 6.03 Å². The number of likely N-dealkylation sites (tertiary alicyclic amines) is 1. The monoisotopic (exact) mass is 364 g/mol. The van der Waals surface area contributed by atoms with Gasteiger partial charge in [0.05, 0.1) is 25.2 Å². The minimum Gasteiger partial charge on any atom is -0.486 e. The van der Waals surface area contributed by atoms with Gasteiger partial charge in [-0.3, -0.25) is 4.79 Å². The Bertz CT molecular complexity index is 694. The van der Waals surface area contributed by atoms with Crippen LogP contribution in [0, 0.1) is 0 Å². The molecule has 2 fully saturated rings. The van der Waals surface area contributed by atoms with Crippen LogP contribution in [0.5, 0.6) is 5.75 Å². The van der Waals surface area contributed by atoms with Crippen molar-refractivity contribution in [3.63, 3.8) is 0 Å². The summed E-state index contributed by atoms with van der Waals surface area (Å²) in [4.78, 5) is 28.8. The number of benzene rings is 1. The number of piperidine rings is 1. The number of hydrogen-bond donors (Lipinski definition) is 0. The van der Waals surface area contributed by atoms with Crippen LogP contribution in [0.2, 0.25) is 5.02 Å². The normalized spacial score (nSPS) is 22.5. The van der Waals surface area contributed by atoms with Crippen molar-refractivity contribution in [3.05, 3.63) is 28.8 Å². The maximum atomic E-state index is 12.6. The maximum absolute atomic E-state index is 12.6. The first-order valence-electron chi connectivity index (χ1n) is 8.70. The van der Waals surface area contributed by atoms with Gasteiger partial charge in [-0.05, 0) is 18.2 Å². The van der Waals surface area contributed by atoms with E-state index < -0.39 is 5.60 Å². The van der Waals surface area contributed by atoms with Gasteiger partial charge in [-0.1, -0.05) is 11.6 Å². The van der Waals surface area contributed by atoms with Crippen LogP contribution < -0.4 is 4.74 Å². The van der Waals surface area contributed by atoms with E-state index in [4.69, 9.17) is 21.1 Å². The number of halogens is 1. The highest BCUT2D eigenvalue weighted by atomic mass is 35.5. The Morgan fingerprint density at radius 3 is 2.48 bits per heavy atom. The van der Waals surface area contributed by atoms with E-state index in [9.17, 15) is 9.59 Å². The molecule has 0 unspecified atom stereocenters. The first kappa shape index (κ1) is 16.7. The van der Waals surface area contributed by atoms with Gasteiger partial charge in [0.2, 0.25) is 0 Å². The van der Waals surface area contributed by atoms with Gasteiger partial charge in [0.1, 0.15) is 11.4 Å². The van der Waals surface area contributed by atoms with Crippen LogP contribution in [0.1, 0.15) is 29.6 Å². The molecule has 6 nitrogen and oxygen atoms in total. The number of carbonyl (C=O) groups excluding carboxylic acids is 2. The summed E-state index contributed by atoms with van der Waals surface area (Å²) in [5.74, 6) is 0.672. The Labute approximate surface area is 151 Å². The fourth-order valence-corrected chi connectivity index (χ4v) is 3.98. The predicted octanol–water partition coefficient (Wildman–Crippen LogP) is 2.59. The summed E-state index contributed by atoms with van der Waals surface area (Å²) >= 11 is 5.98. The van der Waals surface area contributed by atoms with Crippen molar-refractivity contribution in [2.24, 2.45) is 0 Å². The van der Waals surface area contributed by atoms with E-state index in [1.54, 1.807) is 18.2 Å². The molecule has 0 atom stereocenters. The van der Waals surface area contributed by atoms with E-state index >= 15 is 0 Å². The predicted molar refractivity (Wildman–Crippen MR) is 92.4 cm³/mol. The highest BCUT2D eigenvalue weighted by molar-refractivity contribution is 6.31. The number of ether oxygens (including phenoxy) is 2. The van der Waals surface area contributed by atoms with Gasteiger partial charge in [0, 0.05) is 44.0 Å². The first-order valence-corrected chi connectivity index (χ1v) is 9.08. The zero-order valence-electron chi connectivity index (χ0n) is 14.0. The molecule has 0 aliphatic carbocycles. The summed E-state index contributed by atoms with van der Waals surface area (Å²) < 4.78 is 11.5. The Balaban J connectivity index is 1.44. The Kier molecular flexibility index (Phi) is 4.33. The number of morpholine rings is 1. The van der Waals surface area contributed by atoms with E-state index in [1.807, 2.05) is 9.80 Å². The lowest BCUT2D eigenvalue weighted by Gasteiger charge is -2.45. The molecule has 0 bridgehead atoms. The molecule has 25 heavy (non-hydrogen) atoms. The number of amides is 2. The third-order valence-electron chi connectivity index (χ3n) is 5.28. The molecule has 0 N–H and O–H groups in total. The highest BCUT2D eigenvalue weighted by Gasteiger charge is 2.44. The summed E-state index contributed by atoms with van der Waals surface area (Å²) in [7, 11) is 0. The van der Waals surface area contributed by atoms with Crippen molar-refractivity contribution in [2.45, 2.75) is 24.9 Å². The number of ketones is 1. The quantitative estimate of drug-likeness (QED) is 0.710. The second-order valence-electron chi connectivity index (χ2n) is 6.89. The molecule has 1 spiro atoms. The molecule has 4 rings (SSSR count). The number of nitrogens with zero attached hydrogens (tertiary/aromatic N) is 2. The average molecular weight is 365 g/mol. The van der Waals surface area contributed by atoms with Crippen molar-refractivity contribution in [1.29, 1.82) is 0 Å². The summed E-state index contributed by atoms with van der Waals surface area (Å²) in [6, 6.07) is 5.24. The van der Waals surface area contributed by atoms with Crippen LogP contribution in [0.4, 0.5) is 4.79 Å². The van der Waals surface area contributed by atoms with Crippen LogP contribution in [-0.4, -0.2) is 66.6 Å². The first-order chi connectivity index (χ1) is 12.1. The molecule has 3 aliphatic rings. The largest absolute Gasteiger partial charge is 0.486 e. The molecule has 0 radical (unpaired) electrons. The molecular weight excluding hydrogens is 344 g/mol. The second-order valence-corrected chi connectivity index (χ2v) is 7.33. The molecule has 134 valence electrons. The molecule has 0 aromatic heterocycles. The zero-order chi connectivity index (χ0) is 17.4. The Morgan fingerprint density at radius 1 is 1.08 bits per heavy atom. The SMILES string of the molecule is O=C1CC2(CCN(C(=O)N3CCOCC3)CC2)Oc2ccc(Cl)cc21. The minimum atomic E-state index is -0.500. The molecular formula is C18H21ClN2O4. The highest BCUT2D eigenvalue weighted by Crippen LogP contribution is 2.40. The Morgan fingerprint density at radius 2 is 1.76 bits per heavy atom. The minimum absolute atomic E-state index is 0.0625. The van der Waals surface area contributed by atoms with Gasteiger partial charge in [-0.15, -0.1) is 0 Å². The lowest BCUT2D eigenvalue weighted by atomic mass is 9.82. The number of Topliss-reactive ketones (excluding diaryl/α,β-unsaturated/α-hetero) is 1. The van der Waals surface area contributed by atoms with Gasteiger partial charge in [-0.25, -0.2) is 4.79 Å². The standard InChI is InChI=1S/C18H21ClN2O4/c19-13-1-2-16-14(11-13)15(22)12-18(25-16)3-5-20(6-4-18)17(23)21-7-9-24-10-8-21/h1-2,11H,3-10,12H2. The third-order valence-corrected chi connectivity index (χ3v) is 5.51. The van der Waals surface area contributed by atoms with Crippen LogP contribution in [0.25, 0.3) is 0 Å². The zero-order valence-corrected chi connectivity index (χ0v) is 14.8. The van der Waals surface area contributed by atoms with Crippen LogP contribution in [0.15, 0.2) is 18.2 Å². The van der Waals surface area contributed by atoms with Gasteiger partial charge in [-0.2, -0.15) is 0 Å². The van der Waals surface area contributed by atoms with Crippen molar-refractivity contribution in [3.8, 4) is 5.75 Å². The number of fused-ring (bicyclic) bond motifs is 1. The van der Waals surface area contributed by atoms with Crippen molar-refractivity contribution in [1.82, 2.24) is 9.80 Å². The average Bonchev–Trinajstić information content (AvgIpc) is 2.63.